The van der Waals surface area contributed by atoms with Crippen LogP contribution in [-0.2, 0) is 23.4 Å². The predicted octanol–water partition coefficient (Wildman–Crippen LogP) is 4.82. The molecule has 10 heteroatoms. The first kappa shape index (κ1) is 25.7. The molecule has 2 heterocycles. The van der Waals surface area contributed by atoms with Crippen molar-refractivity contribution in [2.75, 3.05) is 35.0 Å². The fraction of sp³-hybridized carbons (Fsp3) is 0.652. The van der Waals surface area contributed by atoms with Crippen LogP contribution in [0.5, 0.6) is 0 Å². The van der Waals surface area contributed by atoms with Gasteiger partial charge in [-0.1, -0.05) is 20.8 Å². The first-order valence-corrected chi connectivity index (χ1v) is 14.6. The minimum atomic E-state index is -2.21. The van der Waals surface area contributed by atoms with Crippen molar-refractivity contribution in [3.63, 3.8) is 0 Å². The van der Waals surface area contributed by atoms with Crippen LogP contribution in [0.3, 0.4) is 0 Å². The lowest BCUT2D eigenvalue weighted by atomic mass is 9.77. The third-order valence-electron chi connectivity index (χ3n) is 7.13. The summed E-state index contributed by atoms with van der Waals surface area (Å²) < 4.78 is 28.3. The van der Waals surface area contributed by atoms with Gasteiger partial charge in [0.15, 0.2) is 5.79 Å². The Hall–Kier alpha value is -1.88. The van der Waals surface area contributed by atoms with Crippen LogP contribution >= 0.6 is 11.3 Å². The number of carbonyl (C=O) groups is 2. The third-order valence-corrected chi connectivity index (χ3v) is 12.6. The minimum absolute atomic E-state index is 0.0247. The van der Waals surface area contributed by atoms with Crippen LogP contribution in [0.1, 0.15) is 53.2 Å². The Balaban J connectivity index is 2.18. The lowest BCUT2D eigenvalue weighted by molar-refractivity contribution is -0.236. The van der Waals surface area contributed by atoms with Gasteiger partial charge in [0.05, 0.1) is 31.7 Å². The molecule has 1 aliphatic carbocycles. The van der Waals surface area contributed by atoms with E-state index >= 15 is 0 Å². The average Bonchev–Trinajstić information content (AvgIpc) is 3.23. The molecule has 1 aromatic rings. The normalized spacial score (nSPS) is 22.1. The monoisotopic (exact) mass is 497 g/mol. The van der Waals surface area contributed by atoms with Crippen LogP contribution in [0.2, 0.25) is 18.1 Å². The first-order chi connectivity index (χ1) is 15.3. The van der Waals surface area contributed by atoms with Gasteiger partial charge in [0.1, 0.15) is 10.6 Å². The molecule has 1 fully saturated rings. The molecule has 1 saturated heterocycles. The summed E-state index contributed by atoms with van der Waals surface area (Å²) in [4.78, 5) is 28.2. The van der Waals surface area contributed by atoms with Crippen LogP contribution in [-0.4, -0.2) is 72.1 Å². The molecule has 1 amide bonds. The van der Waals surface area contributed by atoms with Crippen LogP contribution in [0.15, 0.2) is 12.1 Å². The van der Waals surface area contributed by atoms with E-state index < -0.39 is 26.2 Å². The van der Waals surface area contributed by atoms with Gasteiger partial charge in [-0.05, 0) is 35.8 Å². The number of piperidine rings is 1. The molecule has 0 N–H and O–H groups in total. The fourth-order valence-corrected chi connectivity index (χ4v) is 6.31. The second-order valence-corrected chi connectivity index (χ2v) is 15.8. The molecule has 0 aromatic carbocycles. The fourth-order valence-electron chi connectivity index (χ4n) is 4.10. The molecule has 2 atom stereocenters. The van der Waals surface area contributed by atoms with Crippen molar-refractivity contribution in [1.82, 2.24) is 4.90 Å². The number of ether oxygens (including phenoxy) is 4. The first-order valence-electron chi connectivity index (χ1n) is 10.9. The van der Waals surface area contributed by atoms with E-state index in [-0.39, 0.29) is 23.5 Å². The van der Waals surface area contributed by atoms with E-state index in [0.717, 1.165) is 10.4 Å². The summed E-state index contributed by atoms with van der Waals surface area (Å²) in [7, 11) is 3.66. The van der Waals surface area contributed by atoms with Gasteiger partial charge in [-0.15, -0.1) is 11.3 Å². The van der Waals surface area contributed by atoms with Crippen molar-refractivity contribution in [1.29, 1.82) is 0 Å². The van der Waals surface area contributed by atoms with Crippen molar-refractivity contribution in [2.24, 2.45) is 0 Å². The molecule has 8 nitrogen and oxygen atoms in total. The quantitative estimate of drug-likeness (QED) is 0.327. The van der Waals surface area contributed by atoms with E-state index in [1.165, 1.54) is 25.6 Å². The standard InChI is InChI=1S/C23H35NO7SSi/c1-22(2,3)33(8,9)31-17-11-16-15(14-10-18(20(25)27-4)32-19(14)17)12-23(29-6,30-7)13-24(16)21(26)28-5/h10-11,15-16H,12-13H2,1-9H3/t15-,16+/m1/s1. The van der Waals surface area contributed by atoms with Crippen molar-refractivity contribution >= 4 is 37.5 Å². The largest absolute Gasteiger partial charge is 0.543 e. The molecule has 2 aliphatic rings. The number of hydrogen-bond acceptors (Lipinski definition) is 8. The van der Waals surface area contributed by atoms with E-state index in [0.29, 0.717) is 17.1 Å². The minimum Gasteiger partial charge on any atom is -0.543 e. The van der Waals surface area contributed by atoms with E-state index in [1.54, 1.807) is 19.1 Å². The zero-order valence-electron chi connectivity index (χ0n) is 20.9. The van der Waals surface area contributed by atoms with Gasteiger partial charge in [-0.2, -0.15) is 0 Å². The second-order valence-electron chi connectivity index (χ2n) is 10.00. The number of fused-ring (bicyclic) bond motifs is 3. The summed E-state index contributed by atoms with van der Waals surface area (Å²) in [6.07, 6.45) is 2.03. The highest BCUT2D eigenvalue weighted by atomic mass is 32.1. The number of thiophene rings is 1. The molecule has 33 heavy (non-hydrogen) atoms. The van der Waals surface area contributed by atoms with Gasteiger partial charge < -0.3 is 23.4 Å². The smallest absolute Gasteiger partial charge is 0.410 e. The lowest BCUT2D eigenvalue weighted by Gasteiger charge is -2.49. The molecule has 0 saturated carbocycles. The Morgan fingerprint density at radius 2 is 1.76 bits per heavy atom. The molecule has 1 aromatic heterocycles. The Bertz CT molecular complexity index is 945. The number of nitrogens with zero attached hydrogens (tertiary/aromatic N) is 1. The van der Waals surface area contributed by atoms with Crippen molar-refractivity contribution in [3.8, 4) is 0 Å². The van der Waals surface area contributed by atoms with Gasteiger partial charge in [0.2, 0.25) is 0 Å². The average molecular weight is 498 g/mol. The highest BCUT2D eigenvalue weighted by molar-refractivity contribution is 7.15. The maximum absolute atomic E-state index is 12.8. The van der Waals surface area contributed by atoms with Crippen LogP contribution in [0, 0.1) is 0 Å². The van der Waals surface area contributed by atoms with E-state index in [4.69, 9.17) is 23.4 Å². The molecule has 0 spiro atoms. The number of esters is 1. The van der Waals surface area contributed by atoms with Crippen LogP contribution in [0.4, 0.5) is 4.79 Å². The van der Waals surface area contributed by atoms with E-state index in [1.807, 2.05) is 12.1 Å². The molecule has 0 bridgehead atoms. The number of hydrogen-bond donors (Lipinski definition) is 0. The summed E-state index contributed by atoms with van der Waals surface area (Å²) in [6.45, 7) is 11.1. The number of methoxy groups -OCH3 is 4. The van der Waals surface area contributed by atoms with E-state index in [9.17, 15) is 9.59 Å². The predicted molar refractivity (Wildman–Crippen MR) is 129 cm³/mol. The van der Waals surface area contributed by atoms with Gasteiger partial charge >= 0.3 is 12.1 Å². The zero-order valence-corrected chi connectivity index (χ0v) is 22.8. The number of amides is 1. The van der Waals surface area contributed by atoms with Crippen LogP contribution < -0.4 is 0 Å². The molecular formula is C23H35NO7SSi. The SMILES string of the molecule is COC(=O)c1cc2c(s1)C(O[Si](C)(C)C(C)(C)C)=C[C@H]1[C@@H]2CC(OC)(OC)CN1C(=O)OC. The summed E-state index contributed by atoms with van der Waals surface area (Å²) in [5.41, 5.74) is 0.925. The topological polar surface area (TPSA) is 83.5 Å². The Morgan fingerprint density at radius 3 is 2.27 bits per heavy atom. The lowest BCUT2D eigenvalue weighted by Crippen LogP contribution is -2.59. The van der Waals surface area contributed by atoms with Gasteiger partial charge in [0.25, 0.3) is 8.32 Å². The highest BCUT2D eigenvalue weighted by Crippen LogP contribution is 2.50. The third kappa shape index (κ3) is 4.58. The number of carbonyl (C=O) groups excluding carboxylic acids is 2. The number of likely N-dealkylation sites (tertiary alicyclic amines) is 1. The van der Waals surface area contributed by atoms with Gasteiger partial charge in [0, 0.05) is 26.6 Å². The molecule has 1 aliphatic heterocycles. The maximum Gasteiger partial charge on any atom is 0.410 e. The number of rotatable bonds is 5. The Kier molecular flexibility index (Phi) is 7.06. The van der Waals surface area contributed by atoms with Gasteiger partial charge in [-0.25, -0.2) is 9.59 Å². The second kappa shape index (κ2) is 9.05. The van der Waals surface area contributed by atoms with Crippen LogP contribution in [0.25, 0.3) is 5.76 Å². The zero-order chi connectivity index (χ0) is 24.8. The van der Waals surface area contributed by atoms with Crippen molar-refractivity contribution in [3.05, 3.63) is 27.5 Å². The highest BCUT2D eigenvalue weighted by Gasteiger charge is 2.51. The summed E-state index contributed by atoms with van der Waals surface area (Å²) in [6, 6.07) is 1.52. The molecule has 0 radical (unpaired) electrons. The summed E-state index contributed by atoms with van der Waals surface area (Å²) in [5, 5.41) is -0.0247. The van der Waals surface area contributed by atoms with Gasteiger partial charge in [-0.3, -0.25) is 4.90 Å². The maximum atomic E-state index is 12.8. The van der Waals surface area contributed by atoms with Crippen molar-refractivity contribution < 1.29 is 33.0 Å². The Labute approximate surface area is 200 Å². The van der Waals surface area contributed by atoms with E-state index in [2.05, 4.69) is 33.9 Å². The Morgan fingerprint density at radius 1 is 1.12 bits per heavy atom. The van der Waals surface area contributed by atoms with Crippen molar-refractivity contribution in [2.45, 2.75) is 63.1 Å². The molecule has 3 rings (SSSR count). The molecule has 0 unspecified atom stereocenters. The molecule has 184 valence electrons. The summed E-state index contributed by atoms with van der Waals surface area (Å²) in [5.74, 6) is -0.863. The molecular weight excluding hydrogens is 462 g/mol. The summed E-state index contributed by atoms with van der Waals surface area (Å²) >= 11 is 1.35.